The van der Waals surface area contributed by atoms with Crippen molar-refractivity contribution < 1.29 is 28.4 Å². The Morgan fingerprint density at radius 3 is 2.70 bits per heavy atom. The molecule has 0 bridgehead atoms. The maximum Gasteiger partial charge on any atom is 0.344 e. The molecule has 0 aromatic heterocycles. The molecule has 0 radical (unpaired) electrons. The van der Waals surface area contributed by atoms with Gasteiger partial charge in [-0.1, -0.05) is 17.7 Å². The van der Waals surface area contributed by atoms with Gasteiger partial charge in [0.25, 0.3) is 5.91 Å². The monoisotopic (exact) mass is 396 g/mol. The van der Waals surface area contributed by atoms with Gasteiger partial charge < -0.3 is 14.8 Å². The summed E-state index contributed by atoms with van der Waals surface area (Å²) in [7, 11) is 0. The van der Waals surface area contributed by atoms with Crippen LogP contribution < -0.4 is 10.1 Å². The standard InChI is InChI=1S/C17H14ClFN2O6/c1-10(27-16(22)9-26-13-4-2-3-11(18)7-13)17(23)20-12-5-6-14(19)15(8-12)21(24)25/h2-8,10H,9H2,1H3,(H,20,23)/t10-/m0/s1. The van der Waals surface area contributed by atoms with E-state index in [2.05, 4.69) is 5.32 Å². The third-order valence-electron chi connectivity index (χ3n) is 3.24. The number of carbonyl (C=O) groups is 2. The van der Waals surface area contributed by atoms with Crippen molar-refractivity contribution in [2.24, 2.45) is 0 Å². The number of ether oxygens (including phenoxy) is 2. The molecule has 0 aliphatic heterocycles. The fourth-order valence-electron chi connectivity index (χ4n) is 1.96. The molecule has 0 unspecified atom stereocenters. The van der Waals surface area contributed by atoms with Crippen LogP contribution in [0.4, 0.5) is 15.8 Å². The fraction of sp³-hybridized carbons (Fsp3) is 0.176. The quantitative estimate of drug-likeness (QED) is 0.437. The molecule has 2 aromatic rings. The molecule has 0 aliphatic carbocycles. The Hall–Kier alpha value is -3.20. The van der Waals surface area contributed by atoms with E-state index in [4.69, 9.17) is 21.1 Å². The highest BCUT2D eigenvalue weighted by Crippen LogP contribution is 2.22. The van der Waals surface area contributed by atoms with Gasteiger partial charge >= 0.3 is 11.7 Å². The molecule has 0 saturated heterocycles. The number of nitrogens with one attached hydrogen (secondary N) is 1. The highest BCUT2D eigenvalue weighted by molar-refractivity contribution is 6.30. The molecule has 0 saturated carbocycles. The van der Waals surface area contributed by atoms with Gasteiger partial charge in [-0.25, -0.2) is 4.79 Å². The Balaban J connectivity index is 1.88. The van der Waals surface area contributed by atoms with E-state index in [0.29, 0.717) is 10.8 Å². The van der Waals surface area contributed by atoms with Gasteiger partial charge in [0.05, 0.1) is 4.92 Å². The number of nitro groups is 1. The SMILES string of the molecule is C[C@H](OC(=O)COc1cccc(Cl)c1)C(=O)Nc1ccc(F)c([N+](=O)[O-])c1. The van der Waals surface area contributed by atoms with Gasteiger partial charge in [-0.05, 0) is 37.3 Å². The predicted molar refractivity (Wildman–Crippen MR) is 94.2 cm³/mol. The normalized spacial score (nSPS) is 11.4. The zero-order valence-corrected chi connectivity index (χ0v) is 14.7. The van der Waals surface area contributed by atoms with Crippen molar-refractivity contribution in [3.63, 3.8) is 0 Å². The van der Waals surface area contributed by atoms with Gasteiger partial charge in [0.1, 0.15) is 5.75 Å². The number of benzene rings is 2. The lowest BCUT2D eigenvalue weighted by Crippen LogP contribution is -2.31. The highest BCUT2D eigenvalue weighted by atomic mass is 35.5. The molecule has 142 valence electrons. The van der Waals surface area contributed by atoms with Gasteiger partial charge in [-0.15, -0.1) is 0 Å². The predicted octanol–water partition coefficient (Wildman–Crippen LogP) is 3.34. The first kappa shape index (κ1) is 20.1. The minimum atomic E-state index is -1.20. The summed E-state index contributed by atoms with van der Waals surface area (Å²) < 4.78 is 23.4. The summed E-state index contributed by atoms with van der Waals surface area (Å²) in [4.78, 5) is 33.6. The first-order valence-corrected chi connectivity index (χ1v) is 7.96. The minimum Gasteiger partial charge on any atom is -0.482 e. The average molecular weight is 397 g/mol. The number of nitrogens with zero attached hydrogens (tertiary/aromatic N) is 1. The number of hydrogen-bond acceptors (Lipinski definition) is 6. The van der Waals surface area contributed by atoms with Crippen LogP contribution >= 0.6 is 11.6 Å². The molecule has 8 nitrogen and oxygen atoms in total. The van der Waals surface area contributed by atoms with Gasteiger partial charge in [-0.2, -0.15) is 4.39 Å². The zero-order chi connectivity index (χ0) is 20.0. The molecular formula is C17H14ClFN2O6. The van der Waals surface area contributed by atoms with Crippen molar-refractivity contribution in [3.8, 4) is 5.75 Å². The fourth-order valence-corrected chi connectivity index (χ4v) is 2.14. The number of nitro benzene ring substituents is 1. The van der Waals surface area contributed by atoms with E-state index in [1.54, 1.807) is 18.2 Å². The van der Waals surface area contributed by atoms with Crippen molar-refractivity contribution in [2.45, 2.75) is 13.0 Å². The number of hydrogen-bond donors (Lipinski definition) is 1. The van der Waals surface area contributed by atoms with E-state index in [1.807, 2.05) is 0 Å². The lowest BCUT2D eigenvalue weighted by Gasteiger charge is -2.14. The Labute approximate surface area is 158 Å². The maximum absolute atomic E-state index is 13.3. The number of amides is 1. The number of carbonyl (C=O) groups excluding carboxylic acids is 2. The van der Waals surface area contributed by atoms with E-state index in [0.717, 1.165) is 18.2 Å². The van der Waals surface area contributed by atoms with Crippen LogP contribution in [0.1, 0.15) is 6.92 Å². The molecule has 1 N–H and O–H groups in total. The zero-order valence-electron chi connectivity index (χ0n) is 14.0. The van der Waals surface area contributed by atoms with Crippen molar-refractivity contribution in [1.29, 1.82) is 0 Å². The number of halogens is 2. The highest BCUT2D eigenvalue weighted by Gasteiger charge is 2.20. The average Bonchev–Trinajstić information content (AvgIpc) is 2.61. The van der Waals surface area contributed by atoms with Crippen molar-refractivity contribution in [1.82, 2.24) is 0 Å². The number of esters is 1. The largest absolute Gasteiger partial charge is 0.482 e. The first-order valence-electron chi connectivity index (χ1n) is 7.59. The topological polar surface area (TPSA) is 108 Å². The number of anilines is 1. The Morgan fingerprint density at radius 1 is 1.30 bits per heavy atom. The molecular weight excluding hydrogens is 383 g/mol. The molecule has 1 atom stereocenters. The number of rotatable bonds is 7. The van der Waals surface area contributed by atoms with Gasteiger partial charge in [0.15, 0.2) is 12.7 Å². The van der Waals surface area contributed by atoms with Crippen LogP contribution in [0, 0.1) is 15.9 Å². The van der Waals surface area contributed by atoms with Gasteiger partial charge in [0, 0.05) is 16.8 Å². The van der Waals surface area contributed by atoms with Crippen molar-refractivity contribution >= 4 is 34.9 Å². The second kappa shape index (κ2) is 8.95. The third kappa shape index (κ3) is 5.93. The summed E-state index contributed by atoms with van der Waals surface area (Å²) in [5, 5.41) is 13.4. The van der Waals surface area contributed by atoms with Crippen LogP contribution in [-0.4, -0.2) is 29.5 Å². The van der Waals surface area contributed by atoms with Crippen molar-refractivity contribution in [3.05, 3.63) is 63.4 Å². The van der Waals surface area contributed by atoms with Crippen LogP contribution in [0.5, 0.6) is 5.75 Å². The van der Waals surface area contributed by atoms with Crippen LogP contribution in [-0.2, 0) is 14.3 Å². The van der Waals surface area contributed by atoms with E-state index < -0.39 is 41.0 Å². The van der Waals surface area contributed by atoms with E-state index in [-0.39, 0.29) is 5.69 Å². The molecule has 0 heterocycles. The lowest BCUT2D eigenvalue weighted by atomic mass is 10.2. The van der Waals surface area contributed by atoms with E-state index >= 15 is 0 Å². The Kier molecular flexibility index (Phi) is 6.67. The summed E-state index contributed by atoms with van der Waals surface area (Å²) in [6, 6.07) is 9.24. The Bertz CT molecular complexity index is 876. The Morgan fingerprint density at radius 2 is 2.04 bits per heavy atom. The molecule has 10 heteroatoms. The van der Waals surface area contributed by atoms with Crippen molar-refractivity contribution in [2.75, 3.05) is 11.9 Å². The van der Waals surface area contributed by atoms with Crippen LogP contribution in [0.2, 0.25) is 5.02 Å². The van der Waals surface area contributed by atoms with Gasteiger partial charge in [-0.3, -0.25) is 14.9 Å². The molecule has 27 heavy (non-hydrogen) atoms. The summed E-state index contributed by atoms with van der Waals surface area (Å²) >= 11 is 5.79. The second-order valence-corrected chi connectivity index (χ2v) is 5.73. The van der Waals surface area contributed by atoms with E-state index in [9.17, 15) is 24.1 Å². The smallest absolute Gasteiger partial charge is 0.344 e. The summed E-state index contributed by atoms with van der Waals surface area (Å²) in [5.41, 5.74) is -0.793. The lowest BCUT2D eigenvalue weighted by molar-refractivity contribution is -0.387. The summed E-state index contributed by atoms with van der Waals surface area (Å²) in [5.74, 6) is -2.22. The molecule has 2 aromatic carbocycles. The summed E-state index contributed by atoms with van der Waals surface area (Å²) in [6.45, 7) is 0.866. The van der Waals surface area contributed by atoms with Crippen LogP contribution in [0.25, 0.3) is 0 Å². The van der Waals surface area contributed by atoms with E-state index in [1.165, 1.54) is 13.0 Å². The molecule has 0 aliphatic rings. The van der Waals surface area contributed by atoms with Crippen LogP contribution in [0.3, 0.4) is 0 Å². The second-order valence-electron chi connectivity index (χ2n) is 5.29. The minimum absolute atomic E-state index is 0.00817. The first-order chi connectivity index (χ1) is 12.8. The van der Waals surface area contributed by atoms with Gasteiger partial charge in [0.2, 0.25) is 5.82 Å². The summed E-state index contributed by atoms with van der Waals surface area (Å²) in [6.07, 6.45) is -1.20. The molecule has 1 amide bonds. The van der Waals surface area contributed by atoms with Crippen LogP contribution in [0.15, 0.2) is 42.5 Å². The molecule has 2 rings (SSSR count). The third-order valence-corrected chi connectivity index (χ3v) is 3.48. The maximum atomic E-state index is 13.3. The molecule has 0 spiro atoms. The molecule has 0 fully saturated rings.